The van der Waals surface area contributed by atoms with E-state index in [1.54, 1.807) is 6.07 Å². The average Bonchev–Trinajstić information content (AvgIpc) is 2.82. The molecule has 0 aliphatic carbocycles. The van der Waals surface area contributed by atoms with Crippen molar-refractivity contribution in [3.05, 3.63) is 53.6 Å². The fourth-order valence-corrected chi connectivity index (χ4v) is 1.84. The maximum atomic E-state index is 10.9. The van der Waals surface area contributed by atoms with Gasteiger partial charge in [0.15, 0.2) is 0 Å². The summed E-state index contributed by atoms with van der Waals surface area (Å²) >= 11 is 0. The van der Waals surface area contributed by atoms with Gasteiger partial charge in [0, 0.05) is 0 Å². The molecule has 0 spiro atoms. The predicted molar refractivity (Wildman–Crippen MR) is 70.6 cm³/mol. The van der Waals surface area contributed by atoms with Crippen LogP contribution in [0, 0.1) is 6.92 Å². The van der Waals surface area contributed by atoms with Crippen molar-refractivity contribution in [3.8, 4) is 5.69 Å². The van der Waals surface area contributed by atoms with Crippen LogP contribution in [0.5, 0.6) is 0 Å². The third-order valence-corrected chi connectivity index (χ3v) is 2.89. The fourth-order valence-electron chi connectivity index (χ4n) is 1.84. The monoisotopic (exact) mass is 253 g/mol. The summed E-state index contributed by atoms with van der Waals surface area (Å²) in [6.07, 6.45) is 0. The SMILES string of the molecule is Cc1ccc(-n2nc3ccc(C(=O)O)cc3n2)cc1. The van der Waals surface area contributed by atoms with Crippen LogP contribution in [0.1, 0.15) is 15.9 Å². The number of benzene rings is 2. The summed E-state index contributed by atoms with van der Waals surface area (Å²) in [6.45, 7) is 2.01. The van der Waals surface area contributed by atoms with Gasteiger partial charge in [-0.25, -0.2) is 4.79 Å². The zero-order valence-electron chi connectivity index (χ0n) is 10.2. The summed E-state index contributed by atoms with van der Waals surface area (Å²) < 4.78 is 0. The lowest BCUT2D eigenvalue weighted by molar-refractivity contribution is 0.0697. The van der Waals surface area contributed by atoms with E-state index in [9.17, 15) is 4.79 Å². The van der Waals surface area contributed by atoms with Gasteiger partial charge in [-0.2, -0.15) is 4.80 Å². The summed E-state index contributed by atoms with van der Waals surface area (Å²) in [6, 6.07) is 12.5. The van der Waals surface area contributed by atoms with Crippen molar-refractivity contribution >= 4 is 17.0 Å². The molecule has 0 saturated heterocycles. The number of carboxylic acid groups (broad SMARTS) is 1. The molecule has 0 aliphatic heterocycles. The number of aromatic carboxylic acids is 1. The molecule has 0 saturated carbocycles. The van der Waals surface area contributed by atoms with E-state index >= 15 is 0 Å². The summed E-state index contributed by atoms with van der Waals surface area (Å²) in [5.41, 5.74) is 3.46. The van der Waals surface area contributed by atoms with Crippen LogP contribution >= 0.6 is 0 Å². The summed E-state index contributed by atoms with van der Waals surface area (Å²) in [5.74, 6) is -0.966. The lowest BCUT2D eigenvalue weighted by Gasteiger charge is -1.98. The van der Waals surface area contributed by atoms with Crippen molar-refractivity contribution in [1.82, 2.24) is 15.0 Å². The van der Waals surface area contributed by atoms with Crippen LogP contribution < -0.4 is 0 Å². The maximum Gasteiger partial charge on any atom is 0.335 e. The molecule has 19 heavy (non-hydrogen) atoms. The Labute approximate surface area is 109 Å². The highest BCUT2D eigenvalue weighted by Crippen LogP contribution is 2.15. The van der Waals surface area contributed by atoms with E-state index in [-0.39, 0.29) is 5.56 Å². The van der Waals surface area contributed by atoms with E-state index in [1.165, 1.54) is 16.9 Å². The standard InChI is InChI=1S/C14H11N3O2/c1-9-2-5-11(6-3-9)17-15-12-7-4-10(14(18)19)8-13(12)16-17/h2-8H,1H3,(H,18,19). The van der Waals surface area contributed by atoms with Crippen LogP contribution in [0.2, 0.25) is 0 Å². The van der Waals surface area contributed by atoms with Crippen molar-refractivity contribution < 1.29 is 9.90 Å². The highest BCUT2D eigenvalue weighted by Gasteiger charge is 2.08. The molecule has 0 amide bonds. The van der Waals surface area contributed by atoms with Crippen LogP contribution in [0.15, 0.2) is 42.5 Å². The number of nitrogens with zero attached hydrogens (tertiary/aromatic N) is 3. The molecule has 0 radical (unpaired) electrons. The van der Waals surface area contributed by atoms with Crippen LogP contribution in [0.25, 0.3) is 16.7 Å². The maximum absolute atomic E-state index is 10.9. The van der Waals surface area contributed by atoms with Gasteiger partial charge in [-0.15, -0.1) is 10.2 Å². The van der Waals surface area contributed by atoms with Crippen molar-refractivity contribution in [3.63, 3.8) is 0 Å². The number of rotatable bonds is 2. The smallest absolute Gasteiger partial charge is 0.335 e. The Morgan fingerprint density at radius 2 is 1.74 bits per heavy atom. The number of carboxylic acids is 1. The van der Waals surface area contributed by atoms with E-state index < -0.39 is 5.97 Å². The number of hydrogen-bond donors (Lipinski definition) is 1. The highest BCUT2D eigenvalue weighted by molar-refractivity contribution is 5.92. The second-order valence-electron chi connectivity index (χ2n) is 4.33. The normalized spacial score (nSPS) is 10.8. The molecule has 3 aromatic rings. The van der Waals surface area contributed by atoms with E-state index in [0.717, 1.165) is 11.3 Å². The second kappa shape index (κ2) is 4.20. The Morgan fingerprint density at radius 1 is 1.05 bits per heavy atom. The molecule has 2 aromatic carbocycles. The number of fused-ring (bicyclic) bond motifs is 1. The van der Waals surface area contributed by atoms with Gasteiger partial charge in [-0.05, 0) is 37.3 Å². The lowest BCUT2D eigenvalue weighted by Crippen LogP contribution is -1.97. The largest absolute Gasteiger partial charge is 0.478 e. The van der Waals surface area contributed by atoms with Crippen LogP contribution in [0.4, 0.5) is 0 Å². The first-order valence-corrected chi connectivity index (χ1v) is 5.81. The lowest BCUT2D eigenvalue weighted by atomic mass is 10.2. The van der Waals surface area contributed by atoms with Gasteiger partial charge in [0.05, 0.1) is 11.3 Å². The molecule has 94 valence electrons. The molecule has 1 aromatic heterocycles. The first-order chi connectivity index (χ1) is 9.13. The minimum Gasteiger partial charge on any atom is -0.478 e. The number of carbonyl (C=O) groups is 1. The van der Waals surface area contributed by atoms with Gasteiger partial charge in [0.1, 0.15) is 11.0 Å². The molecule has 0 unspecified atom stereocenters. The van der Waals surface area contributed by atoms with Crippen LogP contribution in [-0.4, -0.2) is 26.1 Å². The minimum absolute atomic E-state index is 0.212. The second-order valence-corrected chi connectivity index (χ2v) is 4.33. The molecule has 0 fully saturated rings. The van der Waals surface area contributed by atoms with Crippen molar-refractivity contribution in [1.29, 1.82) is 0 Å². The number of aryl methyl sites for hydroxylation is 1. The Kier molecular flexibility index (Phi) is 2.52. The van der Waals surface area contributed by atoms with Gasteiger partial charge < -0.3 is 5.11 Å². The van der Waals surface area contributed by atoms with Crippen molar-refractivity contribution in [2.75, 3.05) is 0 Å². The Morgan fingerprint density at radius 3 is 2.42 bits per heavy atom. The topological polar surface area (TPSA) is 68.0 Å². The van der Waals surface area contributed by atoms with Crippen LogP contribution in [0.3, 0.4) is 0 Å². The van der Waals surface area contributed by atoms with Gasteiger partial charge in [-0.3, -0.25) is 0 Å². The van der Waals surface area contributed by atoms with E-state index in [1.807, 2.05) is 31.2 Å². The minimum atomic E-state index is -0.966. The molecule has 0 bridgehead atoms. The Hall–Kier alpha value is -2.69. The molecule has 1 N–H and O–H groups in total. The molecule has 1 heterocycles. The van der Waals surface area contributed by atoms with Crippen molar-refractivity contribution in [2.24, 2.45) is 0 Å². The van der Waals surface area contributed by atoms with Crippen molar-refractivity contribution in [2.45, 2.75) is 6.92 Å². The molecule has 5 heteroatoms. The van der Waals surface area contributed by atoms with Gasteiger partial charge in [-0.1, -0.05) is 17.7 Å². The fraction of sp³-hybridized carbons (Fsp3) is 0.0714. The van der Waals surface area contributed by atoms with E-state index in [2.05, 4.69) is 10.2 Å². The number of aromatic nitrogens is 3. The first kappa shape index (κ1) is 11.4. The third kappa shape index (κ3) is 2.06. The molecular weight excluding hydrogens is 242 g/mol. The van der Waals surface area contributed by atoms with Gasteiger partial charge in [0.2, 0.25) is 0 Å². The Bertz CT molecular complexity index is 760. The van der Waals surface area contributed by atoms with E-state index in [4.69, 9.17) is 5.11 Å². The summed E-state index contributed by atoms with van der Waals surface area (Å²) in [7, 11) is 0. The van der Waals surface area contributed by atoms with Gasteiger partial charge in [0.25, 0.3) is 0 Å². The van der Waals surface area contributed by atoms with E-state index in [0.29, 0.717) is 11.0 Å². The van der Waals surface area contributed by atoms with Crippen LogP contribution in [-0.2, 0) is 0 Å². The summed E-state index contributed by atoms with van der Waals surface area (Å²) in [4.78, 5) is 12.4. The molecule has 0 atom stereocenters. The molecule has 5 nitrogen and oxygen atoms in total. The molecular formula is C14H11N3O2. The quantitative estimate of drug-likeness (QED) is 0.761. The Balaban J connectivity index is 2.11. The first-order valence-electron chi connectivity index (χ1n) is 5.81. The molecule has 0 aliphatic rings. The average molecular weight is 253 g/mol. The highest BCUT2D eigenvalue weighted by atomic mass is 16.4. The number of hydrogen-bond acceptors (Lipinski definition) is 3. The third-order valence-electron chi connectivity index (χ3n) is 2.89. The zero-order chi connectivity index (χ0) is 13.4. The summed E-state index contributed by atoms with van der Waals surface area (Å²) in [5, 5.41) is 17.6. The van der Waals surface area contributed by atoms with Gasteiger partial charge >= 0.3 is 5.97 Å². The predicted octanol–water partition coefficient (Wildman–Crippen LogP) is 2.43. The molecule has 3 rings (SSSR count). The zero-order valence-corrected chi connectivity index (χ0v) is 10.2.